The van der Waals surface area contributed by atoms with Crippen LogP contribution >= 0.6 is 15.9 Å². The number of hydrogen-bond donors (Lipinski definition) is 0. The minimum atomic E-state index is -3.24. The molecule has 1 aromatic carbocycles. The van der Waals surface area contributed by atoms with Crippen LogP contribution in [0.25, 0.3) is 17.0 Å². The highest BCUT2D eigenvalue weighted by molar-refractivity contribution is 9.10. The Morgan fingerprint density at radius 2 is 1.95 bits per heavy atom. The molecule has 0 aliphatic heterocycles. The molecule has 0 aliphatic rings. The number of nitrogens with zero attached hydrogens (tertiary/aromatic N) is 3. The van der Waals surface area contributed by atoms with Crippen molar-refractivity contribution in [2.24, 2.45) is 0 Å². The van der Waals surface area contributed by atoms with Gasteiger partial charge < -0.3 is 0 Å². The van der Waals surface area contributed by atoms with Crippen LogP contribution in [-0.4, -0.2) is 29.3 Å². The van der Waals surface area contributed by atoms with Gasteiger partial charge in [-0.25, -0.2) is 8.42 Å². The summed E-state index contributed by atoms with van der Waals surface area (Å²) in [6, 6.07) is 10.4. The lowest BCUT2D eigenvalue weighted by Crippen LogP contribution is -1.97. The van der Waals surface area contributed by atoms with E-state index >= 15 is 0 Å². The molecule has 0 spiro atoms. The van der Waals surface area contributed by atoms with Gasteiger partial charge in [-0.1, -0.05) is 28.1 Å². The first-order valence-electron chi connectivity index (χ1n) is 5.76. The highest BCUT2D eigenvalue weighted by atomic mass is 79.9. The second-order valence-corrected chi connectivity index (χ2v) is 7.33. The number of benzene rings is 1. The topological polar surface area (TPSA) is 64.3 Å². The Balaban J connectivity index is 2.21. The van der Waals surface area contributed by atoms with Crippen LogP contribution in [0.15, 0.2) is 52.0 Å². The molecule has 0 fully saturated rings. The number of halogens is 1. The number of sulfone groups is 1. The molecule has 2 aromatic heterocycles. The van der Waals surface area contributed by atoms with Gasteiger partial charge in [0.1, 0.15) is 0 Å². The lowest BCUT2D eigenvalue weighted by atomic mass is 10.2. The van der Waals surface area contributed by atoms with E-state index in [0.717, 1.165) is 4.47 Å². The average molecular weight is 352 g/mol. The average Bonchev–Trinajstić information content (AvgIpc) is 2.80. The van der Waals surface area contributed by atoms with Crippen molar-refractivity contribution in [3.8, 4) is 11.4 Å². The van der Waals surface area contributed by atoms with Crippen LogP contribution in [0, 0.1) is 0 Å². The van der Waals surface area contributed by atoms with Crippen LogP contribution in [0.4, 0.5) is 0 Å². The zero-order valence-corrected chi connectivity index (χ0v) is 12.9. The molecule has 0 atom stereocenters. The van der Waals surface area contributed by atoms with Gasteiger partial charge in [-0.3, -0.25) is 4.40 Å². The third-order valence-electron chi connectivity index (χ3n) is 2.89. The molecule has 5 nitrogen and oxygen atoms in total. The quantitative estimate of drug-likeness (QED) is 0.711. The van der Waals surface area contributed by atoms with Crippen molar-refractivity contribution in [2.45, 2.75) is 4.90 Å². The fourth-order valence-electron chi connectivity index (χ4n) is 1.93. The van der Waals surface area contributed by atoms with Crippen LogP contribution in [0.1, 0.15) is 0 Å². The highest BCUT2D eigenvalue weighted by Gasteiger charge is 2.12. The Labute approximate surface area is 124 Å². The fraction of sp³-hybridized carbons (Fsp3) is 0.0769. The van der Waals surface area contributed by atoms with E-state index in [4.69, 9.17) is 0 Å². The Hall–Kier alpha value is -1.73. The van der Waals surface area contributed by atoms with E-state index in [1.54, 1.807) is 18.2 Å². The smallest absolute Gasteiger partial charge is 0.175 e. The Morgan fingerprint density at radius 1 is 1.15 bits per heavy atom. The zero-order valence-electron chi connectivity index (χ0n) is 10.5. The van der Waals surface area contributed by atoms with E-state index in [1.165, 1.54) is 6.26 Å². The first-order valence-corrected chi connectivity index (χ1v) is 8.44. The molecule has 0 N–H and O–H groups in total. The number of hydrogen-bond acceptors (Lipinski definition) is 4. The molecule has 7 heteroatoms. The van der Waals surface area contributed by atoms with Crippen LogP contribution < -0.4 is 0 Å². The third kappa shape index (κ3) is 2.34. The number of aromatic nitrogens is 3. The molecule has 0 saturated carbocycles. The minimum absolute atomic E-state index is 0.267. The van der Waals surface area contributed by atoms with E-state index in [0.29, 0.717) is 17.0 Å². The van der Waals surface area contributed by atoms with Gasteiger partial charge in [0.05, 0.1) is 4.90 Å². The number of pyridine rings is 1. The first-order chi connectivity index (χ1) is 9.45. The maximum absolute atomic E-state index is 11.6. The van der Waals surface area contributed by atoms with Crippen LogP contribution in [0.3, 0.4) is 0 Å². The van der Waals surface area contributed by atoms with Gasteiger partial charge in [0, 0.05) is 22.5 Å². The largest absolute Gasteiger partial charge is 0.282 e. The molecule has 2 heterocycles. The van der Waals surface area contributed by atoms with E-state index in [-0.39, 0.29) is 4.90 Å². The second kappa shape index (κ2) is 4.68. The van der Waals surface area contributed by atoms with Crippen molar-refractivity contribution < 1.29 is 8.42 Å². The Kier molecular flexibility index (Phi) is 3.10. The van der Waals surface area contributed by atoms with Gasteiger partial charge in [0.25, 0.3) is 0 Å². The second-order valence-electron chi connectivity index (χ2n) is 4.40. The molecular formula is C13H10BrN3O2S. The van der Waals surface area contributed by atoms with Gasteiger partial charge in [-0.05, 0) is 24.3 Å². The lowest BCUT2D eigenvalue weighted by molar-refractivity contribution is 0.602. The predicted molar refractivity (Wildman–Crippen MR) is 79.2 cm³/mol. The molecule has 0 amide bonds. The lowest BCUT2D eigenvalue weighted by Gasteiger charge is -2.03. The number of fused-ring (bicyclic) bond motifs is 1. The van der Waals surface area contributed by atoms with E-state index in [9.17, 15) is 8.42 Å². The van der Waals surface area contributed by atoms with Crippen molar-refractivity contribution in [1.29, 1.82) is 0 Å². The third-order valence-corrected chi connectivity index (χ3v) is 4.50. The van der Waals surface area contributed by atoms with Gasteiger partial charge in [0.2, 0.25) is 0 Å². The Bertz CT molecular complexity index is 903. The minimum Gasteiger partial charge on any atom is -0.282 e. The molecular weight excluding hydrogens is 342 g/mol. The van der Waals surface area contributed by atoms with Gasteiger partial charge in [-0.2, -0.15) is 0 Å². The molecule has 20 heavy (non-hydrogen) atoms. The molecule has 0 unspecified atom stereocenters. The van der Waals surface area contributed by atoms with Crippen molar-refractivity contribution in [3.63, 3.8) is 0 Å². The molecule has 102 valence electrons. The maximum Gasteiger partial charge on any atom is 0.175 e. The normalized spacial score (nSPS) is 11.9. The van der Waals surface area contributed by atoms with Crippen molar-refractivity contribution in [1.82, 2.24) is 14.6 Å². The van der Waals surface area contributed by atoms with Crippen molar-refractivity contribution in [2.75, 3.05) is 6.26 Å². The van der Waals surface area contributed by atoms with Crippen LogP contribution in [0.5, 0.6) is 0 Å². The number of rotatable bonds is 2. The summed E-state index contributed by atoms with van der Waals surface area (Å²) in [5.74, 6) is 0.609. The first kappa shape index (κ1) is 13.3. The van der Waals surface area contributed by atoms with E-state index in [2.05, 4.69) is 26.1 Å². The summed E-state index contributed by atoms with van der Waals surface area (Å²) < 4.78 is 26.0. The monoisotopic (exact) mass is 351 g/mol. The summed E-state index contributed by atoms with van der Waals surface area (Å²) in [4.78, 5) is 0.267. The molecule has 0 aliphatic carbocycles. The molecule has 0 saturated heterocycles. The maximum atomic E-state index is 11.6. The SMILES string of the molecule is CS(=O)(=O)c1cccc(-c2nnc3cc(Br)ccn23)c1. The molecule has 0 radical (unpaired) electrons. The summed E-state index contributed by atoms with van der Waals surface area (Å²) in [5.41, 5.74) is 1.40. The van der Waals surface area contributed by atoms with Crippen LogP contribution in [-0.2, 0) is 9.84 Å². The summed E-state index contributed by atoms with van der Waals surface area (Å²) in [5, 5.41) is 8.21. The van der Waals surface area contributed by atoms with E-state index < -0.39 is 9.84 Å². The predicted octanol–water partition coefficient (Wildman–Crippen LogP) is 2.56. The van der Waals surface area contributed by atoms with Crippen molar-refractivity contribution in [3.05, 3.63) is 47.1 Å². The Morgan fingerprint density at radius 3 is 2.70 bits per heavy atom. The molecule has 3 aromatic rings. The van der Waals surface area contributed by atoms with E-state index in [1.807, 2.05) is 28.8 Å². The van der Waals surface area contributed by atoms with Crippen LogP contribution in [0.2, 0.25) is 0 Å². The van der Waals surface area contributed by atoms with Gasteiger partial charge in [0.15, 0.2) is 21.3 Å². The van der Waals surface area contributed by atoms with Gasteiger partial charge >= 0.3 is 0 Å². The highest BCUT2D eigenvalue weighted by Crippen LogP contribution is 2.22. The van der Waals surface area contributed by atoms with Gasteiger partial charge in [-0.15, -0.1) is 10.2 Å². The summed E-state index contributed by atoms with van der Waals surface area (Å²) >= 11 is 3.38. The standard InChI is InChI=1S/C13H10BrN3O2S/c1-20(18,19)11-4-2-3-9(7-11)13-16-15-12-8-10(14)5-6-17(12)13/h2-8H,1H3. The summed E-state index contributed by atoms with van der Waals surface area (Å²) in [6.07, 6.45) is 3.02. The fourth-order valence-corrected chi connectivity index (χ4v) is 2.92. The molecule has 3 rings (SSSR count). The molecule has 0 bridgehead atoms. The van der Waals surface area contributed by atoms with Crippen molar-refractivity contribution >= 4 is 31.4 Å². The summed E-state index contributed by atoms with van der Waals surface area (Å²) in [6.45, 7) is 0. The summed E-state index contributed by atoms with van der Waals surface area (Å²) in [7, 11) is -3.24. The zero-order chi connectivity index (χ0) is 14.3.